The van der Waals surface area contributed by atoms with Gasteiger partial charge >= 0.3 is 0 Å². The molecule has 0 saturated carbocycles. The second kappa shape index (κ2) is 13.8. The summed E-state index contributed by atoms with van der Waals surface area (Å²) in [5, 5.41) is 0. The zero-order chi connectivity index (χ0) is 18.4. The average Bonchev–Trinajstić information content (AvgIpc) is 2.41. The molecule has 1 rings (SSSR count). The summed E-state index contributed by atoms with van der Waals surface area (Å²) >= 11 is 6.57. The third kappa shape index (κ3) is 13.7. The SMILES string of the molecule is O=S(=O)(O)CCCOc1cc(Br)c(OCCCS(=O)(=O)O)cc1Br.[Na].[Na]. The van der Waals surface area contributed by atoms with E-state index in [0.29, 0.717) is 20.4 Å². The molecule has 140 valence electrons. The summed E-state index contributed by atoms with van der Waals surface area (Å²) in [5.74, 6) is 0.117. The number of rotatable bonds is 10. The Kier molecular flexibility index (Phi) is 15.8. The second-order valence-electron chi connectivity index (χ2n) is 4.69. The first-order valence-electron chi connectivity index (χ1n) is 6.63. The van der Waals surface area contributed by atoms with Crippen LogP contribution in [0.1, 0.15) is 12.8 Å². The largest absolute Gasteiger partial charge is 0.492 e. The Hall–Kier alpha value is 1.60. The van der Waals surface area contributed by atoms with Gasteiger partial charge < -0.3 is 9.47 Å². The van der Waals surface area contributed by atoms with Gasteiger partial charge in [0.15, 0.2) is 0 Å². The summed E-state index contributed by atoms with van der Waals surface area (Å²) in [6, 6.07) is 3.21. The molecule has 8 nitrogen and oxygen atoms in total. The van der Waals surface area contributed by atoms with Crippen molar-refractivity contribution in [1.29, 1.82) is 0 Å². The van der Waals surface area contributed by atoms with E-state index in [1.807, 2.05) is 0 Å². The van der Waals surface area contributed by atoms with Gasteiger partial charge in [-0.2, -0.15) is 16.8 Å². The van der Waals surface area contributed by atoms with Crippen LogP contribution in [0.25, 0.3) is 0 Å². The molecule has 2 radical (unpaired) electrons. The molecule has 1 aromatic rings. The maximum atomic E-state index is 10.6. The van der Waals surface area contributed by atoms with Gasteiger partial charge in [-0.1, -0.05) is 0 Å². The minimum atomic E-state index is -4.01. The van der Waals surface area contributed by atoms with Crippen molar-refractivity contribution in [2.75, 3.05) is 24.7 Å². The molecular formula is C12H16Br2Na2O8S2. The molecule has 0 aliphatic rings. The minimum absolute atomic E-state index is 0. The maximum absolute atomic E-state index is 10.6. The van der Waals surface area contributed by atoms with Gasteiger partial charge in [0.25, 0.3) is 20.2 Å². The predicted octanol–water partition coefficient (Wildman–Crippen LogP) is 1.76. The van der Waals surface area contributed by atoms with Crippen LogP contribution in [0.5, 0.6) is 11.5 Å². The molecule has 1 aromatic carbocycles. The van der Waals surface area contributed by atoms with E-state index in [1.54, 1.807) is 12.1 Å². The first kappa shape index (κ1) is 29.8. The van der Waals surface area contributed by atoms with Gasteiger partial charge in [0.05, 0.1) is 33.7 Å². The molecule has 0 heterocycles. The van der Waals surface area contributed by atoms with Crippen LogP contribution < -0.4 is 9.47 Å². The Morgan fingerprint density at radius 2 is 1.08 bits per heavy atom. The van der Waals surface area contributed by atoms with Crippen LogP contribution in [-0.4, -0.2) is 110 Å². The smallest absolute Gasteiger partial charge is 0.264 e. The third-order valence-corrected chi connectivity index (χ3v) is 5.44. The third-order valence-electron chi connectivity index (χ3n) is 2.59. The molecule has 0 aliphatic heterocycles. The fourth-order valence-electron chi connectivity index (χ4n) is 1.58. The molecule has 14 heteroatoms. The molecule has 0 aliphatic carbocycles. The van der Waals surface area contributed by atoms with E-state index < -0.39 is 20.2 Å². The van der Waals surface area contributed by atoms with Gasteiger partial charge in [0.2, 0.25) is 0 Å². The number of benzene rings is 1. The molecule has 0 fully saturated rings. The number of hydrogen-bond acceptors (Lipinski definition) is 6. The van der Waals surface area contributed by atoms with E-state index in [1.165, 1.54) is 0 Å². The quantitative estimate of drug-likeness (QED) is 0.253. The Morgan fingerprint density at radius 3 is 1.35 bits per heavy atom. The van der Waals surface area contributed by atoms with Crippen molar-refractivity contribution in [2.45, 2.75) is 12.8 Å². The molecule has 26 heavy (non-hydrogen) atoms. The van der Waals surface area contributed by atoms with Gasteiger partial charge in [-0.05, 0) is 56.8 Å². The van der Waals surface area contributed by atoms with Gasteiger partial charge in [-0.25, -0.2) is 0 Å². The van der Waals surface area contributed by atoms with Crippen molar-refractivity contribution in [3.05, 3.63) is 21.1 Å². The van der Waals surface area contributed by atoms with Crippen molar-refractivity contribution in [2.24, 2.45) is 0 Å². The molecule has 2 N–H and O–H groups in total. The fraction of sp³-hybridized carbons (Fsp3) is 0.500. The van der Waals surface area contributed by atoms with Crippen LogP contribution in [0.3, 0.4) is 0 Å². The van der Waals surface area contributed by atoms with Crippen LogP contribution in [0.4, 0.5) is 0 Å². The first-order chi connectivity index (χ1) is 11.0. The van der Waals surface area contributed by atoms with E-state index in [0.717, 1.165) is 0 Å². The molecule has 0 aromatic heterocycles. The standard InChI is InChI=1S/C12H16Br2O8S2.2Na/c13-9-8-12(22-4-2-6-24(18,19)20)10(14)7-11(9)21-3-1-5-23(15,16)17;;/h7-8H,1-6H2,(H,15,16,17)(H,18,19,20);;. The summed E-state index contributed by atoms with van der Waals surface area (Å²) in [6.45, 7) is 0.193. The van der Waals surface area contributed by atoms with Gasteiger partial charge in [0, 0.05) is 59.1 Å². The van der Waals surface area contributed by atoms with Crippen LogP contribution in [0.15, 0.2) is 21.1 Å². The predicted molar refractivity (Wildman–Crippen MR) is 106 cm³/mol. The number of ether oxygens (including phenoxy) is 2. The fourth-order valence-corrected chi connectivity index (χ4v) is 3.42. The van der Waals surface area contributed by atoms with Crippen molar-refractivity contribution in [3.63, 3.8) is 0 Å². The van der Waals surface area contributed by atoms with Crippen molar-refractivity contribution < 1.29 is 35.4 Å². The van der Waals surface area contributed by atoms with E-state index in [-0.39, 0.29) is 96.7 Å². The molecule has 0 atom stereocenters. The van der Waals surface area contributed by atoms with Crippen molar-refractivity contribution in [1.82, 2.24) is 0 Å². The normalized spacial score (nSPS) is 11.2. The van der Waals surface area contributed by atoms with Gasteiger partial charge in [-0.3, -0.25) is 9.11 Å². The van der Waals surface area contributed by atoms with Gasteiger partial charge in [0.1, 0.15) is 11.5 Å². The van der Waals surface area contributed by atoms with E-state index in [2.05, 4.69) is 31.9 Å². The first-order valence-corrected chi connectivity index (χ1v) is 11.4. The molecule has 0 spiro atoms. The minimum Gasteiger partial charge on any atom is -0.492 e. The second-order valence-corrected chi connectivity index (χ2v) is 9.54. The molecule has 0 saturated heterocycles. The monoisotopic (exact) mass is 556 g/mol. The summed E-state index contributed by atoms with van der Waals surface area (Å²) in [7, 11) is -8.02. The molecule has 0 unspecified atom stereocenters. The van der Waals surface area contributed by atoms with Gasteiger partial charge in [-0.15, -0.1) is 0 Å². The van der Waals surface area contributed by atoms with Crippen molar-refractivity contribution >= 4 is 111 Å². The average molecular weight is 558 g/mol. The van der Waals surface area contributed by atoms with E-state index in [4.69, 9.17) is 18.6 Å². The van der Waals surface area contributed by atoms with Crippen LogP contribution in [0.2, 0.25) is 0 Å². The summed E-state index contributed by atoms with van der Waals surface area (Å²) in [5.41, 5.74) is 0. The Balaban J connectivity index is 0. The number of halogens is 2. The van der Waals surface area contributed by atoms with Crippen molar-refractivity contribution in [3.8, 4) is 11.5 Å². The summed E-state index contributed by atoms with van der Waals surface area (Å²) in [6.07, 6.45) is 0.271. The van der Waals surface area contributed by atoms with Crippen LogP contribution in [0, 0.1) is 0 Å². The van der Waals surface area contributed by atoms with Crippen LogP contribution in [-0.2, 0) is 20.2 Å². The Bertz CT molecular complexity index is 706. The zero-order valence-electron chi connectivity index (χ0n) is 14.3. The summed E-state index contributed by atoms with van der Waals surface area (Å²) < 4.78 is 71.7. The summed E-state index contributed by atoms with van der Waals surface area (Å²) in [4.78, 5) is 0. The van der Waals surface area contributed by atoms with E-state index in [9.17, 15) is 16.8 Å². The molecule has 0 bridgehead atoms. The van der Waals surface area contributed by atoms with Crippen LogP contribution >= 0.6 is 31.9 Å². The maximum Gasteiger partial charge on any atom is 0.264 e. The zero-order valence-corrected chi connectivity index (χ0v) is 23.1. The molecule has 0 amide bonds. The Labute approximate surface area is 214 Å². The molecular weight excluding hydrogens is 542 g/mol. The number of hydrogen-bond donors (Lipinski definition) is 2. The van der Waals surface area contributed by atoms with E-state index >= 15 is 0 Å². The topological polar surface area (TPSA) is 127 Å². The Morgan fingerprint density at radius 1 is 0.769 bits per heavy atom.